The van der Waals surface area contributed by atoms with E-state index in [-0.39, 0.29) is 5.91 Å². The summed E-state index contributed by atoms with van der Waals surface area (Å²) < 4.78 is 16.8. The third kappa shape index (κ3) is 4.89. The lowest BCUT2D eigenvalue weighted by molar-refractivity contribution is -0.114. The number of anilines is 1. The third-order valence-electron chi connectivity index (χ3n) is 4.65. The SMILES string of the molecule is C=CCOc1c(Cl)cc(/C=C2/C(=O)N(c3ccc(OCC)cc3)C(=S)N2C)cc1OCC. The average molecular weight is 473 g/mol. The number of likely N-dealkylation sites (N-methyl/N-ethyl adjacent to an activating group) is 1. The standard InChI is InChI=1S/C24H25ClN2O4S/c1-5-12-31-22-19(25)13-16(15-21(22)30-7-3)14-20-23(28)27(24(32)26(20)4)17-8-10-18(11-9-17)29-6-2/h5,8-11,13-15H,1,6-7,12H2,2-4H3/b20-14-. The number of amides is 1. The van der Waals surface area contributed by atoms with Gasteiger partial charge in [0, 0.05) is 7.05 Å². The van der Waals surface area contributed by atoms with Crippen LogP contribution in [0.1, 0.15) is 19.4 Å². The highest BCUT2D eigenvalue weighted by molar-refractivity contribution is 7.80. The fourth-order valence-corrected chi connectivity index (χ4v) is 3.78. The Kier molecular flexibility index (Phi) is 7.77. The fraction of sp³-hybridized carbons (Fsp3) is 0.250. The molecular weight excluding hydrogens is 448 g/mol. The number of thiocarbonyl (C=S) groups is 1. The van der Waals surface area contributed by atoms with Crippen LogP contribution in [0.2, 0.25) is 5.02 Å². The second-order valence-corrected chi connectivity index (χ2v) is 7.57. The second-order valence-electron chi connectivity index (χ2n) is 6.80. The Morgan fingerprint density at radius 3 is 2.41 bits per heavy atom. The number of carbonyl (C=O) groups is 1. The molecule has 1 heterocycles. The van der Waals surface area contributed by atoms with Gasteiger partial charge < -0.3 is 19.1 Å². The summed E-state index contributed by atoms with van der Waals surface area (Å²) in [6.07, 6.45) is 3.36. The summed E-state index contributed by atoms with van der Waals surface area (Å²) in [5, 5.41) is 0.760. The lowest BCUT2D eigenvalue weighted by Crippen LogP contribution is -2.31. The van der Waals surface area contributed by atoms with E-state index in [0.717, 1.165) is 5.75 Å². The molecule has 1 saturated heterocycles. The molecule has 0 aliphatic carbocycles. The molecule has 0 atom stereocenters. The first-order valence-electron chi connectivity index (χ1n) is 10.2. The Bertz CT molecular complexity index is 1050. The van der Waals surface area contributed by atoms with E-state index in [1.807, 2.05) is 38.1 Å². The van der Waals surface area contributed by atoms with Crippen molar-refractivity contribution in [1.29, 1.82) is 0 Å². The number of halogens is 1. The first-order chi connectivity index (χ1) is 15.4. The zero-order valence-electron chi connectivity index (χ0n) is 18.3. The molecule has 0 bridgehead atoms. The van der Waals surface area contributed by atoms with Crippen LogP contribution in [0.3, 0.4) is 0 Å². The van der Waals surface area contributed by atoms with Crippen LogP contribution in [-0.4, -0.2) is 42.8 Å². The molecule has 0 spiro atoms. The van der Waals surface area contributed by atoms with Crippen molar-refractivity contribution in [2.45, 2.75) is 13.8 Å². The molecule has 8 heteroatoms. The van der Waals surface area contributed by atoms with Gasteiger partial charge in [0.25, 0.3) is 5.91 Å². The van der Waals surface area contributed by atoms with Crippen molar-refractivity contribution < 1.29 is 19.0 Å². The van der Waals surface area contributed by atoms with Crippen molar-refractivity contribution >= 4 is 46.6 Å². The minimum absolute atomic E-state index is 0.234. The van der Waals surface area contributed by atoms with Gasteiger partial charge in [-0.05, 0) is 74.1 Å². The summed E-state index contributed by atoms with van der Waals surface area (Å²) in [5.41, 5.74) is 1.78. The fourth-order valence-electron chi connectivity index (χ4n) is 3.22. The van der Waals surface area contributed by atoms with Gasteiger partial charge in [-0.25, -0.2) is 0 Å². The van der Waals surface area contributed by atoms with Gasteiger partial charge in [-0.1, -0.05) is 24.3 Å². The van der Waals surface area contributed by atoms with Crippen LogP contribution in [0.4, 0.5) is 5.69 Å². The topological polar surface area (TPSA) is 51.2 Å². The first kappa shape index (κ1) is 23.6. The Balaban J connectivity index is 1.95. The Morgan fingerprint density at radius 2 is 1.78 bits per heavy atom. The number of nitrogens with zero attached hydrogens (tertiary/aromatic N) is 2. The van der Waals surface area contributed by atoms with Crippen LogP contribution in [0.5, 0.6) is 17.2 Å². The van der Waals surface area contributed by atoms with Gasteiger partial charge in [0.05, 0.1) is 23.9 Å². The molecule has 0 radical (unpaired) electrons. The Labute approximate surface area is 198 Å². The quantitative estimate of drug-likeness (QED) is 0.280. The van der Waals surface area contributed by atoms with E-state index < -0.39 is 0 Å². The van der Waals surface area contributed by atoms with Gasteiger partial charge in [-0.15, -0.1) is 0 Å². The molecule has 0 unspecified atom stereocenters. The summed E-state index contributed by atoms with van der Waals surface area (Å²) in [6, 6.07) is 10.7. The van der Waals surface area contributed by atoms with E-state index >= 15 is 0 Å². The van der Waals surface area contributed by atoms with Gasteiger partial charge in [-0.2, -0.15) is 0 Å². The van der Waals surface area contributed by atoms with E-state index in [9.17, 15) is 4.79 Å². The van der Waals surface area contributed by atoms with E-state index in [2.05, 4.69) is 6.58 Å². The first-order valence-corrected chi connectivity index (χ1v) is 11.0. The van der Waals surface area contributed by atoms with Crippen LogP contribution >= 0.6 is 23.8 Å². The Hall–Kier alpha value is -3.03. The number of rotatable bonds is 9. The molecule has 1 aliphatic rings. The van der Waals surface area contributed by atoms with Crippen LogP contribution in [0.25, 0.3) is 6.08 Å². The maximum atomic E-state index is 13.2. The summed E-state index contributed by atoms with van der Waals surface area (Å²) in [7, 11) is 1.76. The molecule has 1 aliphatic heterocycles. The van der Waals surface area contributed by atoms with Crippen molar-refractivity contribution in [2.75, 3.05) is 31.8 Å². The molecule has 0 aromatic heterocycles. The Morgan fingerprint density at radius 1 is 1.09 bits per heavy atom. The van der Waals surface area contributed by atoms with Crippen molar-refractivity contribution in [2.24, 2.45) is 0 Å². The van der Waals surface area contributed by atoms with E-state index in [0.29, 0.717) is 58.4 Å². The molecule has 3 rings (SSSR count). The van der Waals surface area contributed by atoms with Gasteiger partial charge in [0.15, 0.2) is 16.6 Å². The molecule has 1 fully saturated rings. The molecule has 2 aromatic carbocycles. The maximum Gasteiger partial charge on any atom is 0.281 e. The van der Waals surface area contributed by atoms with E-state index in [4.69, 9.17) is 38.0 Å². The molecule has 168 valence electrons. The van der Waals surface area contributed by atoms with Crippen LogP contribution in [0.15, 0.2) is 54.8 Å². The van der Waals surface area contributed by atoms with Crippen molar-refractivity contribution in [3.05, 3.63) is 65.3 Å². The van der Waals surface area contributed by atoms with Gasteiger partial charge >= 0.3 is 0 Å². The zero-order valence-corrected chi connectivity index (χ0v) is 19.8. The molecule has 0 N–H and O–H groups in total. The second kappa shape index (κ2) is 10.5. The van der Waals surface area contributed by atoms with Gasteiger partial charge in [0.2, 0.25) is 0 Å². The third-order valence-corrected chi connectivity index (χ3v) is 5.39. The number of benzene rings is 2. The van der Waals surface area contributed by atoms with Gasteiger partial charge in [-0.3, -0.25) is 9.69 Å². The zero-order chi connectivity index (χ0) is 23.3. The highest BCUT2D eigenvalue weighted by atomic mass is 35.5. The molecular formula is C24H25ClN2O4S. The molecule has 6 nitrogen and oxygen atoms in total. The molecule has 0 saturated carbocycles. The summed E-state index contributed by atoms with van der Waals surface area (Å²) in [5.74, 6) is 1.43. The largest absolute Gasteiger partial charge is 0.494 e. The lowest BCUT2D eigenvalue weighted by Gasteiger charge is -2.16. The van der Waals surface area contributed by atoms with Crippen LogP contribution < -0.4 is 19.1 Å². The normalized spacial score (nSPS) is 14.8. The minimum Gasteiger partial charge on any atom is -0.494 e. The number of carbonyl (C=O) groups excluding carboxylic acids is 1. The highest BCUT2D eigenvalue weighted by Gasteiger charge is 2.36. The summed E-state index contributed by atoms with van der Waals surface area (Å²) >= 11 is 12.0. The average Bonchev–Trinajstić information content (AvgIpc) is 2.97. The molecule has 2 aromatic rings. The monoisotopic (exact) mass is 472 g/mol. The van der Waals surface area contributed by atoms with Crippen molar-refractivity contribution in [1.82, 2.24) is 4.90 Å². The van der Waals surface area contributed by atoms with Crippen LogP contribution in [0, 0.1) is 0 Å². The van der Waals surface area contributed by atoms with Crippen LogP contribution in [-0.2, 0) is 4.79 Å². The highest BCUT2D eigenvalue weighted by Crippen LogP contribution is 2.38. The maximum absolute atomic E-state index is 13.2. The number of hydrogen-bond donors (Lipinski definition) is 0. The van der Waals surface area contributed by atoms with Crippen molar-refractivity contribution in [3.8, 4) is 17.2 Å². The van der Waals surface area contributed by atoms with Crippen molar-refractivity contribution in [3.63, 3.8) is 0 Å². The summed E-state index contributed by atoms with van der Waals surface area (Å²) in [4.78, 5) is 16.4. The predicted molar refractivity (Wildman–Crippen MR) is 132 cm³/mol. The van der Waals surface area contributed by atoms with Gasteiger partial charge in [0.1, 0.15) is 18.1 Å². The number of hydrogen-bond acceptors (Lipinski definition) is 5. The smallest absolute Gasteiger partial charge is 0.281 e. The molecule has 32 heavy (non-hydrogen) atoms. The predicted octanol–water partition coefficient (Wildman–Crippen LogP) is 5.31. The van der Waals surface area contributed by atoms with E-state index in [1.165, 1.54) is 4.90 Å². The minimum atomic E-state index is -0.234. The van der Waals surface area contributed by atoms with E-state index in [1.54, 1.807) is 36.2 Å². The number of ether oxygens (including phenoxy) is 3. The summed E-state index contributed by atoms with van der Waals surface area (Å²) in [6.45, 7) is 8.75. The lowest BCUT2D eigenvalue weighted by atomic mass is 10.1. The molecule has 1 amide bonds.